The highest BCUT2D eigenvalue weighted by Gasteiger charge is 2.36. The molecule has 1 N–H and O–H groups in total. The number of hydrogen-bond donors (Lipinski definition) is 1. The molecule has 0 aromatic heterocycles. The SMILES string of the molecule is Cc1ccc(Cl)cc1NC(=O)N1CC2CCCN2c2ccccc21. The van der Waals surface area contributed by atoms with Gasteiger partial charge in [-0.15, -0.1) is 0 Å². The molecule has 0 radical (unpaired) electrons. The average molecular weight is 342 g/mol. The molecule has 2 amide bonds. The van der Waals surface area contributed by atoms with Gasteiger partial charge in [-0.2, -0.15) is 0 Å². The lowest BCUT2D eigenvalue weighted by Gasteiger charge is -2.40. The molecular formula is C19H20ClN3O. The number of urea groups is 1. The van der Waals surface area contributed by atoms with E-state index in [-0.39, 0.29) is 6.03 Å². The van der Waals surface area contributed by atoms with Gasteiger partial charge in [-0.25, -0.2) is 4.79 Å². The standard InChI is InChI=1S/C19H20ClN3O/c1-13-8-9-14(20)11-16(13)21-19(24)23-12-15-5-4-10-22(15)17-6-2-3-7-18(17)23/h2-3,6-9,11,15H,4-5,10,12H2,1H3,(H,21,24). The Morgan fingerprint density at radius 3 is 2.83 bits per heavy atom. The largest absolute Gasteiger partial charge is 0.365 e. The first kappa shape index (κ1) is 15.3. The molecule has 0 saturated carbocycles. The van der Waals surface area contributed by atoms with E-state index in [0.29, 0.717) is 11.1 Å². The predicted molar refractivity (Wildman–Crippen MR) is 99.4 cm³/mol. The molecule has 2 heterocycles. The number of carbonyl (C=O) groups excluding carboxylic acids is 1. The minimum Gasteiger partial charge on any atom is -0.365 e. The van der Waals surface area contributed by atoms with Crippen molar-refractivity contribution < 1.29 is 4.79 Å². The number of amides is 2. The summed E-state index contributed by atoms with van der Waals surface area (Å²) in [4.78, 5) is 17.2. The number of halogens is 1. The van der Waals surface area contributed by atoms with Crippen molar-refractivity contribution in [2.24, 2.45) is 0 Å². The number of nitrogens with zero attached hydrogens (tertiary/aromatic N) is 2. The van der Waals surface area contributed by atoms with Crippen LogP contribution in [0, 0.1) is 6.92 Å². The van der Waals surface area contributed by atoms with Crippen LogP contribution >= 0.6 is 11.6 Å². The van der Waals surface area contributed by atoms with Gasteiger partial charge in [0.2, 0.25) is 0 Å². The number of anilines is 3. The van der Waals surface area contributed by atoms with Crippen molar-refractivity contribution >= 4 is 34.7 Å². The third-order valence-corrected chi connectivity index (χ3v) is 5.17. The van der Waals surface area contributed by atoms with Crippen molar-refractivity contribution in [3.8, 4) is 0 Å². The van der Waals surface area contributed by atoms with E-state index < -0.39 is 0 Å². The Kier molecular flexibility index (Phi) is 3.85. The first-order valence-electron chi connectivity index (χ1n) is 8.34. The molecule has 4 nitrogen and oxygen atoms in total. The molecule has 1 fully saturated rings. The highest BCUT2D eigenvalue weighted by atomic mass is 35.5. The van der Waals surface area contributed by atoms with Gasteiger partial charge in [-0.1, -0.05) is 29.8 Å². The Morgan fingerprint density at radius 1 is 1.21 bits per heavy atom. The number of aryl methyl sites for hydroxylation is 1. The molecule has 24 heavy (non-hydrogen) atoms. The summed E-state index contributed by atoms with van der Waals surface area (Å²) in [6, 6.07) is 14.0. The van der Waals surface area contributed by atoms with Crippen molar-refractivity contribution in [1.29, 1.82) is 0 Å². The van der Waals surface area contributed by atoms with Crippen molar-refractivity contribution in [3.63, 3.8) is 0 Å². The smallest absolute Gasteiger partial charge is 0.326 e. The lowest BCUT2D eigenvalue weighted by Crippen LogP contribution is -2.49. The molecular weight excluding hydrogens is 322 g/mol. The fourth-order valence-electron chi connectivity index (χ4n) is 3.69. The lowest BCUT2D eigenvalue weighted by atomic mass is 10.1. The van der Waals surface area contributed by atoms with Crippen LogP contribution in [0.4, 0.5) is 21.9 Å². The summed E-state index contributed by atoms with van der Waals surface area (Å²) in [5.41, 5.74) is 3.90. The second-order valence-electron chi connectivity index (χ2n) is 6.48. The van der Waals surface area contributed by atoms with E-state index in [1.54, 1.807) is 6.07 Å². The zero-order valence-electron chi connectivity index (χ0n) is 13.6. The first-order valence-corrected chi connectivity index (χ1v) is 8.71. The van der Waals surface area contributed by atoms with Gasteiger partial charge in [-0.05, 0) is 49.6 Å². The minimum atomic E-state index is -0.0978. The van der Waals surface area contributed by atoms with E-state index in [1.807, 2.05) is 42.2 Å². The van der Waals surface area contributed by atoms with Crippen LogP contribution in [0.15, 0.2) is 42.5 Å². The van der Waals surface area contributed by atoms with E-state index in [2.05, 4.69) is 16.3 Å². The van der Waals surface area contributed by atoms with Crippen LogP contribution < -0.4 is 15.1 Å². The fraction of sp³-hybridized carbons (Fsp3) is 0.316. The van der Waals surface area contributed by atoms with Crippen molar-refractivity contribution in [1.82, 2.24) is 0 Å². The molecule has 4 rings (SSSR count). The molecule has 2 aromatic carbocycles. The Bertz CT molecular complexity index is 792. The number of fused-ring (bicyclic) bond motifs is 3. The minimum absolute atomic E-state index is 0.0978. The van der Waals surface area contributed by atoms with Crippen LogP contribution in [0.2, 0.25) is 5.02 Å². The Labute approximate surface area is 147 Å². The molecule has 1 unspecified atom stereocenters. The number of carbonyl (C=O) groups is 1. The molecule has 124 valence electrons. The van der Waals surface area contributed by atoms with Gasteiger partial charge in [0.15, 0.2) is 0 Å². The molecule has 1 atom stereocenters. The second kappa shape index (κ2) is 6.02. The molecule has 0 spiro atoms. The zero-order valence-corrected chi connectivity index (χ0v) is 14.4. The summed E-state index contributed by atoms with van der Waals surface area (Å²) in [6.07, 6.45) is 2.32. The maximum atomic E-state index is 12.9. The lowest BCUT2D eigenvalue weighted by molar-refractivity contribution is 0.256. The summed E-state index contributed by atoms with van der Waals surface area (Å²) in [7, 11) is 0. The average Bonchev–Trinajstić information content (AvgIpc) is 3.06. The monoisotopic (exact) mass is 341 g/mol. The summed E-state index contributed by atoms with van der Waals surface area (Å²) >= 11 is 6.07. The van der Waals surface area contributed by atoms with Gasteiger partial charge < -0.3 is 10.2 Å². The van der Waals surface area contributed by atoms with Crippen LogP contribution in [0.3, 0.4) is 0 Å². The Hall–Kier alpha value is -2.20. The van der Waals surface area contributed by atoms with E-state index in [9.17, 15) is 4.79 Å². The van der Waals surface area contributed by atoms with Crippen LogP contribution in [0.5, 0.6) is 0 Å². The van der Waals surface area contributed by atoms with E-state index >= 15 is 0 Å². The maximum Gasteiger partial charge on any atom is 0.326 e. The van der Waals surface area contributed by atoms with Gasteiger partial charge in [-0.3, -0.25) is 4.90 Å². The molecule has 2 aliphatic heterocycles. The second-order valence-corrected chi connectivity index (χ2v) is 6.91. The number of benzene rings is 2. The van der Waals surface area contributed by atoms with Crippen LogP contribution in [-0.4, -0.2) is 25.2 Å². The van der Waals surface area contributed by atoms with Gasteiger partial charge in [0.05, 0.1) is 11.4 Å². The molecule has 5 heteroatoms. The third kappa shape index (κ3) is 2.61. The van der Waals surface area contributed by atoms with E-state index in [1.165, 1.54) is 6.42 Å². The normalized spacial score (nSPS) is 19.0. The fourth-order valence-corrected chi connectivity index (χ4v) is 3.86. The highest BCUT2D eigenvalue weighted by molar-refractivity contribution is 6.31. The first-order chi connectivity index (χ1) is 11.6. The van der Waals surface area contributed by atoms with Crippen molar-refractivity contribution in [2.75, 3.05) is 28.2 Å². The van der Waals surface area contributed by atoms with Gasteiger partial charge in [0.25, 0.3) is 0 Å². The summed E-state index contributed by atoms with van der Waals surface area (Å²) in [6.45, 7) is 3.77. The number of rotatable bonds is 1. The summed E-state index contributed by atoms with van der Waals surface area (Å²) in [5.74, 6) is 0. The van der Waals surface area contributed by atoms with Crippen molar-refractivity contribution in [3.05, 3.63) is 53.1 Å². The van der Waals surface area contributed by atoms with Crippen molar-refractivity contribution in [2.45, 2.75) is 25.8 Å². The highest BCUT2D eigenvalue weighted by Crippen LogP contribution is 2.39. The maximum absolute atomic E-state index is 12.9. The third-order valence-electron chi connectivity index (χ3n) is 4.94. The molecule has 1 saturated heterocycles. The van der Waals surface area contributed by atoms with Crippen LogP contribution in [-0.2, 0) is 0 Å². The molecule has 0 bridgehead atoms. The summed E-state index contributed by atoms with van der Waals surface area (Å²) < 4.78 is 0. The molecule has 2 aliphatic rings. The Morgan fingerprint density at radius 2 is 2.00 bits per heavy atom. The zero-order chi connectivity index (χ0) is 16.7. The molecule has 0 aliphatic carbocycles. The van der Waals surface area contributed by atoms with Crippen LogP contribution in [0.1, 0.15) is 18.4 Å². The number of para-hydroxylation sites is 2. The Balaban J connectivity index is 1.65. The van der Waals surface area contributed by atoms with Gasteiger partial charge in [0, 0.05) is 29.8 Å². The number of hydrogen-bond acceptors (Lipinski definition) is 2. The van der Waals surface area contributed by atoms with Gasteiger partial charge in [0.1, 0.15) is 0 Å². The topological polar surface area (TPSA) is 35.6 Å². The van der Waals surface area contributed by atoms with Gasteiger partial charge >= 0.3 is 6.03 Å². The number of nitrogens with one attached hydrogen (secondary N) is 1. The predicted octanol–water partition coefficient (Wildman–Crippen LogP) is 4.67. The van der Waals surface area contributed by atoms with E-state index in [0.717, 1.165) is 42.1 Å². The van der Waals surface area contributed by atoms with Crippen LogP contribution in [0.25, 0.3) is 0 Å². The summed E-state index contributed by atoms with van der Waals surface area (Å²) in [5, 5.41) is 3.65. The molecule has 2 aromatic rings. The quantitative estimate of drug-likeness (QED) is 0.818. The van der Waals surface area contributed by atoms with E-state index in [4.69, 9.17) is 11.6 Å².